The first-order valence-corrected chi connectivity index (χ1v) is 12.3. The van der Waals surface area contributed by atoms with Crippen LogP contribution in [0.3, 0.4) is 0 Å². The molecule has 178 valence electrons. The third kappa shape index (κ3) is 7.23. The Kier molecular flexibility index (Phi) is 8.79. The van der Waals surface area contributed by atoms with Gasteiger partial charge in [-0.3, -0.25) is 9.59 Å². The number of ether oxygens (including phenoxy) is 1. The van der Waals surface area contributed by atoms with Crippen LogP contribution in [0.5, 0.6) is 11.5 Å². The SMILES string of the molecule is CC(C)C1CCC(C(=O)NC(C(=O)Nc2ccc(Oc3ccc(Cl)cc3)cc2)C(C)C)CC1. The molecule has 3 rings (SSSR count). The van der Waals surface area contributed by atoms with Gasteiger partial charge in [-0.15, -0.1) is 0 Å². The minimum Gasteiger partial charge on any atom is -0.457 e. The van der Waals surface area contributed by atoms with Crippen LogP contribution in [0.15, 0.2) is 48.5 Å². The second kappa shape index (κ2) is 11.6. The predicted molar refractivity (Wildman–Crippen MR) is 134 cm³/mol. The van der Waals surface area contributed by atoms with Crippen molar-refractivity contribution in [3.63, 3.8) is 0 Å². The molecule has 1 aliphatic carbocycles. The lowest BCUT2D eigenvalue weighted by Gasteiger charge is -2.31. The zero-order chi connectivity index (χ0) is 24.0. The van der Waals surface area contributed by atoms with Gasteiger partial charge in [0, 0.05) is 16.6 Å². The highest BCUT2D eigenvalue weighted by Crippen LogP contribution is 2.33. The minimum atomic E-state index is -0.578. The van der Waals surface area contributed by atoms with Crippen LogP contribution in [0.1, 0.15) is 53.4 Å². The maximum Gasteiger partial charge on any atom is 0.247 e. The summed E-state index contributed by atoms with van der Waals surface area (Å²) in [4.78, 5) is 25.8. The average molecular weight is 471 g/mol. The summed E-state index contributed by atoms with van der Waals surface area (Å²) in [6.07, 6.45) is 3.96. The Morgan fingerprint density at radius 3 is 1.94 bits per heavy atom. The van der Waals surface area contributed by atoms with E-state index in [1.165, 1.54) is 0 Å². The maximum atomic E-state index is 13.0. The number of hydrogen-bond donors (Lipinski definition) is 2. The number of anilines is 1. The van der Waals surface area contributed by atoms with E-state index in [9.17, 15) is 9.59 Å². The molecule has 33 heavy (non-hydrogen) atoms. The summed E-state index contributed by atoms with van der Waals surface area (Å²) >= 11 is 5.90. The molecule has 2 aromatic rings. The van der Waals surface area contributed by atoms with Crippen molar-refractivity contribution >= 4 is 29.1 Å². The van der Waals surface area contributed by atoms with E-state index in [-0.39, 0.29) is 23.7 Å². The standard InChI is InChI=1S/C27H35ClN2O3/c1-17(2)19-5-7-20(8-6-19)26(31)30-25(18(3)4)27(32)29-22-11-15-24(16-12-22)33-23-13-9-21(28)10-14-23/h9-20,25H,5-8H2,1-4H3,(H,29,32)(H,30,31). The minimum absolute atomic E-state index is 0.00153. The number of carbonyl (C=O) groups is 2. The predicted octanol–water partition coefficient (Wildman–Crippen LogP) is 6.67. The van der Waals surface area contributed by atoms with Crippen molar-refractivity contribution in [1.82, 2.24) is 5.32 Å². The van der Waals surface area contributed by atoms with Crippen molar-refractivity contribution in [1.29, 1.82) is 0 Å². The highest BCUT2D eigenvalue weighted by molar-refractivity contribution is 6.30. The van der Waals surface area contributed by atoms with Gasteiger partial charge in [-0.2, -0.15) is 0 Å². The molecule has 0 aromatic heterocycles. The summed E-state index contributed by atoms with van der Waals surface area (Å²) in [5, 5.41) is 6.59. The van der Waals surface area contributed by atoms with E-state index in [2.05, 4.69) is 24.5 Å². The van der Waals surface area contributed by atoms with E-state index in [1.54, 1.807) is 48.5 Å². The molecule has 1 atom stereocenters. The number of rotatable bonds is 8. The Labute approximate surface area is 202 Å². The van der Waals surface area contributed by atoms with Gasteiger partial charge in [0.05, 0.1) is 0 Å². The number of benzene rings is 2. The first-order chi connectivity index (χ1) is 15.7. The Hall–Kier alpha value is -2.53. The van der Waals surface area contributed by atoms with Gasteiger partial charge in [-0.25, -0.2) is 0 Å². The highest BCUT2D eigenvalue weighted by atomic mass is 35.5. The van der Waals surface area contributed by atoms with Crippen molar-refractivity contribution in [3.8, 4) is 11.5 Å². The zero-order valence-corrected chi connectivity index (χ0v) is 20.7. The van der Waals surface area contributed by atoms with E-state index in [0.29, 0.717) is 34.0 Å². The van der Waals surface area contributed by atoms with Crippen molar-refractivity contribution < 1.29 is 14.3 Å². The van der Waals surface area contributed by atoms with E-state index >= 15 is 0 Å². The number of nitrogens with one attached hydrogen (secondary N) is 2. The van der Waals surface area contributed by atoms with Crippen LogP contribution < -0.4 is 15.4 Å². The molecule has 0 saturated heterocycles. The molecule has 2 N–H and O–H groups in total. The van der Waals surface area contributed by atoms with E-state index in [1.807, 2.05) is 13.8 Å². The topological polar surface area (TPSA) is 67.4 Å². The number of halogens is 1. The molecule has 1 unspecified atom stereocenters. The lowest BCUT2D eigenvalue weighted by Crippen LogP contribution is -2.49. The molecular formula is C27H35ClN2O3. The fourth-order valence-corrected chi connectivity index (χ4v) is 4.45. The molecule has 2 aromatic carbocycles. The van der Waals surface area contributed by atoms with E-state index in [4.69, 9.17) is 16.3 Å². The first kappa shape index (κ1) is 25.1. The summed E-state index contributed by atoms with van der Waals surface area (Å²) in [5.74, 6) is 2.46. The summed E-state index contributed by atoms with van der Waals surface area (Å²) < 4.78 is 5.79. The van der Waals surface area contributed by atoms with Crippen LogP contribution in [0.25, 0.3) is 0 Å². The van der Waals surface area contributed by atoms with Crippen molar-refractivity contribution in [3.05, 3.63) is 53.6 Å². The summed E-state index contributed by atoms with van der Waals surface area (Å²) in [6, 6.07) is 13.7. The molecule has 0 heterocycles. The summed E-state index contributed by atoms with van der Waals surface area (Å²) in [7, 11) is 0. The van der Waals surface area contributed by atoms with Gasteiger partial charge in [0.25, 0.3) is 0 Å². The molecule has 5 nitrogen and oxygen atoms in total. The number of carbonyl (C=O) groups excluding carboxylic acids is 2. The third-order valence-corrected chi connectivity index (χ3v) is 6.76. The zero-order valence-electron chi connectivity index (χ0n) is 19.9. The fourth-order valence-electron chi connectivity index (χ4n) is 4.32. The molecule has 1 fully saturated rings. The highest BCUT2D eigenvalue weighted by Gasteiger charge is 2.31. The molecule has 1 aliphatic rings. The molecule has 0 radical (unpaired) electrons. The van der Waals surface area contributed by atoms with Crippen molar-refractivity contribution in [2.45, 2.75) is 59.4 Å². The molecule has 6 heteroatoms. The lowest BCUT2D eigenvalue weighted by molar-refractivity contribution is -0.131. The largest absolute Gasteiger partial charge is 0.457 e. The van der Waals surface area contributed by atoms with Crippen LogP contribution in [0.2, 0.25) is 5.02 Å². The second-order valence-electron chi connectivity index (χ2n) is 9.66. The first-order valence-electron chi connectivity index (χ1n) is 11.9. The monoisotopic (exact) mass is 470 g/mol. The Balaban J connectivity index is 1.55. The van der Waals surface area contributed by atoms with Crippen LogP contribution in [0.4, 0.5) is 5.69 Å². The van der Waals surface area contributed by atoms with Gasteiger partial charge in [-0.05, 0) is 92.0 Å². The molecule has 1 saturated carbocycles. The smallest absolute Gasteiger partial charge is 0.247 e. The Morgan fingerprint density at radius 2 is 1.42 bits per heavy atom. The van der Waals surface area contributed by atoms with Gasteiger partial charge in [0.15, 0.2) is 0 Å². The average Bonchev–Trinajstić information content (AvgIpc) is 2.79. The number of amides is 2. The molecule has 0 bridgehead atoms. The molecule has 0 aliphatic heterocycles. The summed E-state index contributed by atoms with van der Waals surface area (Å²) in [6.45, 7) is 8.40. The maximum absolute atomic E-state index is 13.0. The van der Waals surface area contributed by atoms with Gasteiger partial charge >= 0.3 is 0 Å². The quantitative estimate of drug-likeness (QED) is 0.452. The number of hydrogen-bond acceptors (Lipinski definition) is 3. The van der Waals surface area contributed by atoms with E-state index < -0.39 is 6.04 Å². The van der Waals surface area contributed by atoms with Gasteiger partial charge in [0.2, 0.25) is 11.8 Å². The Morgan fingerprint density at radius 1 is 0.879 bits per heavy atom. The fraction of sp³-hybridized carbons (Fsp3) is 0.481. The van der Waals surface area contributed by atoms with Crippen LogP contribution in [-0.2, 0) is 9.59 Å². The molecule has 0 spiro atoms. The lowest BCUT2D eigenvalue weighted by atomic mass is 9.76. The van der Waals surface area contributed by atoms with Crippen molar-refractivity contribution in [2.75, 3.05) is 5.32 Å². The van der Waals surface area contributed by atoms with Gasteiger partial charge in [-0.1, -0.05) is 39.3 Å². The third-order valence-electron chi connectivity index (χ3n) is 6.50. The normalized spacial score (nSPS) is 19.2. The van der Waals surface area contributed by atoms with Gasteiger partial charge < -0.3 is 15.4 Å². The van der Waals surface area contributed by atoms with Gasteiger partial charge in [0.1, 0.15) is 17.5 Å². The van der Waals surface area contributed by atoms with Crippen LogP contribution in [0, 0.1) is 23.7 Å². The molecular weight excluding hydrogens is 436 g/mol. The second-order valence-corrected chi connectivity index (χ2v) is 10.1. The molecule has 2 amide bonds. The van der Waals surface area contributed by atoms with Crippen LogP contribution >= 0.6 is 11.6 Å². The van der Waals surface area contributed by atoms with E-state index in [0.717, 1.165) is 25.7 Å². The Bertz CT molecular complexity index is 917. The van der Waals surface area contributed by atoms with Crippen molar-refractivity contribution in [2.24, 2.45) is 23.7 Å². The van der Waals surface area contributed by atoms with Crippen LogP contribution in [-0.4, -0.2) is 17.9 Å². The summed E-state index contributed by atoms with van der Waals surface area (Å²) in [5.41, 5.74) is 0.654.